The Labute approximate surface area is 404 Å². The van der Waals surface area contributed by atoms with Gasteiger partial charge in [0, 0.05) is 40.9 Å². The maximum Gasteiger partial charge on any atom is 0.242 e. The molecular weight excluding hydrogens is 869 g/mol. The molecule has 1 aromatic heterocycles. The number of amides is 4. The van der Waals surface area contributed by atoms with E-state index in [1.165, 1.54) is 5.56 Å². The quantitative estimate of drug-likeness (QED) is 0.0466. The molecule has 2 heterocycles. The Kier molecular flexibility index (Phi) is 43.3. The third-order valence-electron chi connectivity index (χ3n) is 10.6. The predicted molar refractivity (Wildman–Crippen MR) is 266 cm³/mol. The number of thiophene rings is 1. The van der Waals surface area contributed by atoms with Gasteiger partial charge in [0.25, 0.3) is 0 Å². The van der Waals surface area contributed by atoms with Gasteiger partial charge in [0.15, 0.2) is 0 Å². The molecule has 5 N–H and O–H groups in total. The van der Waals surface area contributed by atoms with Gasteiger partial charge in [0.05, 0.1) is 95.7 Å². The summed E-state index contributed by atoms with van der Waals surface area (Å²) in [6.45, 7) is 28.9. The van der Waals surface area contributed by atoms with Crippen LogP contribution in [0.25, 0.3) is 0 Å². The second kappa shape index (κ2) is 42.3. The van der Waals surface area contributed by atoms with E-state index in [1.54, 1.807) is 37.5 Å². The molecule has 1 saturated heterocycles. The topological polar surface area (TPSA) is 204 Å². The second-order valence-corrected chi connectivity index (χ2v) is 18.1. The zero-order valence-electron chi connectivity index (χ0n) is 44.0. The summed E-state index contributed by atoms with van der Waals surface area (Å²) in [6.07, 6.45) is 2.80. The minimum absolute atomic E-state index is 0.00960. The number of hydrogen-bond donors (Lipinski definition) is 4. The minimum atomic E-state index is -0.886. The maximum absolute atomic E-state index is 13.7. The number of carbonyl (C=O) groups is 4. The van der Waals surface area contributed by atoms with E-state index in [9.17, 15) is 19.2 Å². The number of likely N-dealkylation sites (N-methyl/N-ethyl adjacent to an activating group) is 2. The van der Waals surface area contributed by atoms with Gasteiger partial charge in [-0.05, 0) is 80.8 Å². The first-order valence-corrected chi connectivity index (χ1v) is 24.7. The van der Waals surface area contributed by atoms with Gasteiger partial charge in [-0.3, -0.25) is 24.1 Å². The van der Waals surface area contributed by atoms with Crippen molar-refractivity contribution in [1.29, 1.82) is 0 Å². The maximum atomic E-state index is 13.7. The highest BCUT2D eigenvalue weighted by Gasteiger charge is 2.40. The van der Waals surface area contributed by atoms with Crippen LogP contribution in [-0.4, -0.2) is 181 Å². The van der Waals surface area contributed by atoms with E-state index in [4.69, 9.17) is 34.7 Å². The van der Waals surface area contributed by atoms with E-state index in [2.05, 4.69) is 87.7 Å². The fourth-order valence-corrected chi connectivity index (χ4v) is 7.28. The third-order valence-corrected chi connectivity index (χ3v) is 11.4. The Hall–Kier alpha value is -2.78. The summed E-state index contributed by atoms with van der Waals surface area (Å²) < 4.78 is 28.1. The number of aliphatic hydroxyl groups is 1. The average Bonchev–Trinajstić information content (AvgIpc) is 3.99. The first kappa shape index (κ1) is 67.5. The second-order valence-electron chi connectivity index (χ2n) is 17.3. The first-order chi connectivity index (χ1) is 31.3. The lowest BCUT2D eigenvalue weighted by Crippen LogP contribution is -2.57. The van der Waals surface area contributed by atoms with Gasteiger partial charge in [-0.15, -0.1) is 0 Å². The van der Waals surface area contributed by atoms with Gasteiger partial charge in [0.2, 0.25) is 24.1 Å². The van der Waals surface area contributed by atoms with Crippen LogP contribution in [0.1, 0.15) is 107 Å². The predicted octanol–water partition coefficient (Wildman–Crippen LogP) is 5.16. The van der Waals surface area contributed by atoms with E-state index in [0.717, 1.165) is 25.2 Å². The molecule has 1 aliphatic rings. The van der Waals surface area contributed by atoms with Crippen LogP contribution in [0, 0.1) is 24.7 Å². The van der Waals surface area contributed by atoms with Crippen molar-refractivity contribution >= 4 is 35.5 Å². The molecule has 390 valence electrons. The van der Waals surface area contributed by atoms with Crippen LogP contribution in [0.15, 0.2) is 16.8 Å². The number of nitrogens with two attached hydrogens (primary N) is 1. The molecule has 0 radical (unpaired) electrons. The van der Waals surface area contributed by atoms with Crippen LogP contribution in [0.3, 0.4) is 0 Å². The Morgan fingerprint density at radius 3 is 1.94 bits per heavy atom. The summed E-state index contributed by atoms with van der Waals surface area (Å²) in [4.78, 5) is 59.6. The number of nitrogens with zero attached hydrogens (tertiary/aromatic N) is 3. The third kappa shape index (κ3) is 30.6. The highest BCUT2D eigenvalue weighted by molar-refractivity contribution is 7.07. The molecule has 17 nitrogen and oxygen atoms in total. The van der Waals surface area contributed by atoms with E-state index in [0.29, 0.717) is 72.3 Å². The summed E-state index contributed by atoms with van der Waals surface area (Å²) >= 11 is 1.74. The summed E-state index contributed by atoms with van der Waals surface area (Å²) in [5.41, 5.74) is 0.475. The van der Waals surface area contributed by atoms with E-state index >= 15 is 0 Å². The van der Waals surface area contributed by atoms with E-state index in [1.807, 2.05) is 44.5 Å². The molecule has 18 heteroatoms. The molecule has 0 bridgehead atoms. The molecule has 0 aromatic carbocycles. The zero-order chi connectivity index (χ0) is 51.1. The van der Waals surface area contributed by atoms with Gasteiger partial charge in [0.1, 0.15) is 0 Å². The van der Waals surface area contributed by atoms with Crippen LogP contribution in [0.5, 0.6) is 0 Å². The fraction of sp³-hybridized carbons (Fsp3) is 0.833. The Balaban J connectivity index is -0.00000184. The van der Waals surface area contributed by atoms with Crippen molar-refractivity contribution < 1.29 is 52.8 Å². The minimum Gasteiger partial charge on any atom is -0.395 e. The summed E-state index contributed by atoms with van der Waals surface area (Å²) in [6, 6.07) is 1.77. The van der Waals surface area contributed by atoms with Crippen LogP contribution in [0.2, 0.25) is 0 Å². The van der Waals surface area contributed by atoms with Gasteiger partial charge < -0.3 is 54.1 Å². The lowest BCUT2D eigenvalue weighted by atomic mass is 9.90. The molecule has 0 spiro atoms. The number of rotatable bonds is 29. The zero-order valence-corrected chi connectivity index (χ0v) is 44.8. The average molecular weight is 965 g/mol. The van der Waals surface area contributed by atoms with Gasteiger partial charge in [-0.25, -0.2) is 5.90 Å². The normalized spacial score (nSPS) is 15.1. The van der Waals surface area contributed by atoms with Crippen molar-refractivity contribution in [1.82, 2.24) is 25.3 Å². The monoisotopic (exact) mass is 965 g/mol. The van der Waals surface area contributed by atoms with Crippen LogP contribution >= 0.6 is 11.3 Å². The number of aliphatic hydroxyl groups excluding tert-OH is 1. The molecular formula is C48H96N6O11S. The molecule has 0 aliphatic carbocycles. The molecule has 5 atom stereocenters. The van der Waals surface area contributed by atoms with Crippen molar-refractivity contribution in [3.63, 3.8) is 0 Å². The van der Waals surface area contributed by atoms with Crippen LogP contribution in [-0.2, 0) is 47.7 Å². The standard InChI is InChI=1S/C34H67N5O9.C5H6S.C4H10.C3H7NO2.C2H6/c1-11-26(4)31(28(43-9)23-29(40)39-14-12-13-27(39)32(44-10)25(2)3)38(8)30(41)24-36-33(42)34(5,6)37(7)15-16-45-17-18-46-19-20-47-21-22-48-35;1-5-2-3-6-4-5;1-4(2)3;5-2-1-4-3-6;1-2/h25-28,31-32H,11-24,35H2,1-10H3,(H,36,42);2-4H,1H3;4H,1-3H3;3,5H,1-2H2,(H,4,6);1-2H3. The van der Waals surface area contributed by atoms with Gasteiger partial charge >= 0.3 is 0 Å². The van der Waals surface area contributed by atoms with Gasteiger partial charge in [-0.2, -0.15) is 11.3 Å². The smallest absolute Gasteiger partial charge is 0.242 e. The highest BCUT2D eigenvalue weighted by atomic mass is 32.1. The first-order valence-electron chi connectivity index (χ1n) is 23.7. The fourth-order valence-electron chi connectivity index (χ4n) is 6.61. The summed E-state index contributed by atoms with van der Waals surface area (Å²) in [7, 11) is 6.86. The van der Waals surface area contributed by atoms with Crippen LogP contribution < -0.4 is 16.5 Å². The van der Waals surface area contributed by atoms with E-state index in [-0.39, 0.29) is 67.3 Å². The number of nitrogens with one attached hydrogen (secondary N) is 2. The largest absolute Gasteiger partial charge is 0.395 e. The number of likely N-dealkylation sites (tertiary alicyclic amines) is 1. The molecule has 1 aromatic rings. The van der Waals surface area contributed by atoms with Crippen LogP contribution in [0.4, 0.5) is 0 Å². The Morgan fingerprint density at radius 1 is 0.970 bits per heavy atom. The molecule has 1 aliphatic heterocycles. The molecule has 4 amide bonds. The lowest BCUT2D eigenvalue weighted by molar-refractivity contribution is -0.144. The highest BCUT2D eigenvalue weighted by Crippen LogP contribution is 2.29. The number of methoxy groups -OCH3 is 2. The van der Waals surface area contributed by atoms with Crippen molar-refractivity contribution in [3.05, 3.63) is 22.4 Å². The number of hydrogen-bond acceptors (Lipinski definition) is 14. The molecule has 2 rings (SSSR count). The summed E-state index contributed by atoms with van der Waals surface area (Å²) in [5.74, 6) is 5.60. The molecule has 0 saturated carbocycles. The number of carbonyl (C=O) groups excluding carboxylic acids is 4. The SMILES string of the molecule is CC.CC(C)C.CCC(C)C(C(CC(=O)N1CCCC1C(OC)C(C)C)OC)N(C)C(=O)CNC(=O)C(C)(C)N(C)CCOCCOCCOCCON.Cc1ccsc1.O=CNCCO. The Bertz CT molecular complexity index is 1310. The molecule has 1 fully saturated rings. The number of aryl methyl sites for hydroxylation is 1. The lowest BCUT2D eigenvalue weighted by Gasteiger charge is -2.39. The van der Waals surface area contributed by atoms with Crippen molar-refractivity contribution in [2.45, 2.75) is 139 Å². The molecule has 5 unspecified atom stereocenters. The van der Waals surface area contributed by atoms with Crippen molar-refractivity contribution in [2.75, 3.05) is 107 Å². The van der Waals surface area contributed by atoms with Gasteiger partial charge in [-0.1, -0.05) is 68.7 Å². The van der Waals surface area contributed by atoms with Crippen molar-refractivity contribution in [2.24, 2.45) is 23.7 Å². The summed E-state index contributed by atoms with van der Waals surface area (Å²) in [5, 5.41) is 17.3. The van der Waals surface area contributed by atoms with E-state index < -0.39 is 11.6 Å². The number of ether oxygens (including phenoxy) is 5. The Morgan fingerprint density at radius 2 is 1.53 bits per heavy atom. The molecule has 66 heavy (non-hydrogen) atoms. The van der Waals surface area contributed by atoms with Crippen molar-refractivity contribution in [3.8, 4) is 0 Å².